The maximum absolute atomic E-state index is 6.74. The highest BCUT2D eigenvalue weighted by atomic mass is 28.4. The molecular weight excluding hydrogens is 376 g/mol. The van der Waals surface area contributed by atoms with E-state index in [1.54, 1.807) is 0 Å². The molecule has 0 radical (unpaired) electrons. The molecule has 8 atom stereocenters. The summed E-state index contributed by atoms with van der Waals surface area (Å²) in [7, 11) is -2.86. The highest BCUT2D eigenvalue weighted by Crippen LogP contribution is 2.63. The third kappa shape index (κ3) is 4.22. The van der Waals surface area contributed by atoms with Crippen LogP contribution < -0.4 is 0 Å². The van der Waals surface area contributed by atoms with Gasteiger partial charge in [-0.05, 0) is 132 Å². The molecule has 4 aliphatic rings. The lowest BCUT2D eigenvalue weighted by Crippen LogP contribution is -2.51. The van der Waals surface area contributed by atoms with Crippen LogP contribution in [0.1, 0.15) is 64.7 Å². The second-order valence-corrected chi connectivity index (χ2v) is 21.9. The Morgan fingerprint density at radius 2 is 1.36 bits per heavy atom. The second kappa shape index (κ2) is 7.49. The van der Waals surface area contributed by atoms with Crippen molar-refractivity contribution in [1.82, 2.24) is 0 Å². The molecule has 0 aromatic rings. The van der Waals surface area contributed by atoms with Crippen molar-refractivity contribution < 1.29 is 8.85 Å². The van der Waals surface area contributed by atoms with E-state index in [1.165, 1.54) is 57.8 Å². The quantitative estimate of drug-likeness (QED) is 0.451. The Balaban J connectivity index is 1.43. The van der Waals surface area contributed by atoms with Crippen LogP contribution in [0.4, 0.5) is 0 Å². The number of hydrogen-bond acceptors (Lipinski definition) is 2. The van der Waals surface area contributed by atoms with E-state index in [4.69, 9.17) is 8.85 Å². The van der Waals surface area contributed by atoms with Gasteiger partial charge in [-0.3, -0.25) is 0 Å². The molecule has 0 heterocycles. The monoisotopic (exact) mass is 422 g/mol. The zero-order chi connectivity index (χ0) is 20.3. The summed E-state index contributed by atoms with van der Waals surface area (Å²) < 4.78 is 13.3. The average molecular weight is 423 g/mol. The predicted octanol–water partition coefficient (Wildman–Crippen LogP) is 7.08. The van der Waals surface area contributed by atoms with Crippen molar-refractivity contribution >= 4 is 16.6 Å². The van der Waals surface area contributed by atoms with Gasteiger partial charge in [-0.1, -0.05) is 6.92 Å². The smallest absolute Gasteiger partial charge is 0.184 e. The highest BCUT2D eigenvalue weighted by molar-refractivity contribution is 6.70. The Kier molecular flexibility index (Phi) is 5.77. The van der Waals surface area contributed by atoms with Gasteiger partial charge in [0.1, 0.15) is 0 Å². The zero-order valence-electron chi connectivity index (χ0n) is 19.7. The van der Waals surface area contributed by atoms with Crippen LogP contribution in [0.2, 0.25) is 39.3 Å². The molecule has 0 aromatic heterocycles. The van der Waals surface area contributed by atoms with Crippen LogP contribution in [-0.4, -0.2) is 28.8 Å². The molecule has 4 saturated carbocycles. The van der Waals surface area contributed by atoms with Crippen LogP contribution in [0, 0.1) is 35.0 Å². The summed E-state index contributed by atoms with van der Waals surface area (Å²) in [5.74, 6) is 4.89. The van der Waals surface area contributed by atoms with Gasteiger partial charge in [-0.25, -0.2) is 0 Å². The molecule has 4 heteroatoms. The van der Waals surface area contributed by atoms with Crippen molar-refractivity contribution in [3.05, 3.63) is 0 Å². The summed E-state index contributed by atoms with van der Waals surface area (Å²) in [6, 6.07) is 0. The Bertz CT molecular complexity index is 566. The lowest BCUT2D eigenvalue weighted by Gasteiger charge is -2.56. The van der Waals surface area contributed by atoms with Gasteiger partial charge in [0, 0.05) is 6.10 Å². The average Bonchev–Trinajstić information content (AvgIpc) is 2.88. The van der Waals surface area contributed by atoms with Gasteiger partial charge >= 0.3 is 0 Å². The molecule has 0 spiro atoms. The van der Waals surface area contributed by atoms with E-state index in [1.807, 2.05) is 0 Å². The first-order chi connectivity index (χ1) is 13.0. The topological polar surface area (TPSA) is 18.5 Å². The summed E-state index contributed by atoms with van der Waals surface area (Å²) in [5.41, 5.74) is 0.465. The van der Waals surface area contributed by atoms with Gasteiger partial charge in [0.25, 0.3) is 0 Å². The van der Waals surface area contributed by atoms with E-state index >= 15 is 0 Å². The largest absolute Gasteiger partial charge is 0.415 e. The first-order valence-electron chi connectivity index (χ1n) is 12.3. The van der Waals surface area contributed by atoms with Gasteiger partial charge in [-0.2, -0.15) is 0 Å². The third-order valence-corrected chi connectivity index (χ3v) is 10.9. The van der Waals surface area contributed by atoms with Crippen LogP contribution >= 0.6 is 0 Å². The lowest BCUT2D eigenvalue weighted by molar-refractivity contribution is -0.0867. The maximum Gasteiger partial charge on any atom is 0.184 e. The van der Waals surface area contributed by atoms with Crippen molar-refractivity contribution in [1.29, 1.82) is 0 Å². The molecule has 0 aliphatic heterocycles. The summed E-state index contributed by atoms with van der Waals surface area (Å²) in [6.45, 7) is 16.8. The highest BCUT2D eigenvalue weighted by Gasteiger charge is 2.57. The first-order valence-corrected chi connectivity index (χ1v) is 19.1. The van der Waals surface area contributed by atoms with Crippen molar-refractivity contribution in [3.8, 4) is 0 Å². The molecule has 2 nitrogen and oxygen atoms in total. The maximum atomic E-state index is 6.74. The first kappa shape index (κ1) is 21.6. The predicted molar refractivity (Wildman–Crippen MR) is 124 cm³/mol. The molecule has 4 unspecified atom stereocenters. The summed E-state index contributed by atoms with van der Waals surface area (Å²) in [4.78, 5) is 0. The van der Waals surface area contributed by atoms with Crippen LogP contribution in [0.3, 0.4) is 0 Å². The van der Waals surface area contributed by atoms with E-state index in [0.29, 0.717) is 17.6 Å². The lowest BCUT2D eigenvalue weighted by atomic mass is 9.50. The third-order valence-electron chi connectivity index (χ3n) is 8.84. The van der Waals surface area contributed by atoms with Crippen LogP contribution in [0.25, 0.3) is 0 Å². The minimum Gasteiger partial charge on any atom is -0.415 e. The molecule has 4 rings (SSSR count). The fourth-order valence-electron chi connectivity index (χ4n) is 7.99. The summed E-state index contributed by atoms with van der Waals surface area (Å²) in [6.07, 6.45) is 13.9. The molecule has 0 N–H and O–H groups in total. The van der Waals surface area contributed by atoms with Crippen molar-refractivity contribution in [2.45, 2.75) is 116 Å². The summed E-state index contributed by atoms with van der Waals surface area (Å²) >= 11 is 0. The Hall–Kier alpha value is 0.354. The van der Waals surface area contributed by atoms with Gasteiger partial charge in [0.2, 0.25) is 0 Å². The standard InChI is InChI=1S/C24H46O2Si2/c1-24-15-14-20-19-11-9-18(25-27(2,3)4)16-17(19)8-10-21(20)22(24)12-13-23(24)26-28(5,6)7/h17-23H,8-16H2,1-7H3/t17-,18-,19?,20?,21?,22?,23-,24-/m0/s1. The summed E-state index contributed by atoms with van der Waals surface area (Å²) in [5, 5.41) is 0. The Morgan fingerprint density at radius 1 is 0.679 bits per heavy atom. The molecule has 4 fully saturated rings. The van der Waals surface area contributed by atoms with Gasteiger partial charge in [0.05, 0.1) is 6.10 Å². The molecule has 0 saturated heterocycles. The molecule has 0 amide bonds. The number of fused-ring (bicyclic) bond motifs is 5. The second-order valence-electron chi connectivity index (χ2n) is 12.9. The van der Waals surface area contributed by atoms with Gasteiger partial charge in [-0.15, -0.1) is 0 Å². The zero-order valence-corrected chi connectivity index (χ0v) is 21.7. The number of rotatable bonds is 4. The van der Waals surface area contributed by atoms with Crippen LogP contribution in [-0.2, 0) is 8.85 Å². The van der Waals surface area contributed by atoms with Crippen LogP contribution in [0.5, 0.6) is 0 Å². The van der Waals surface area contributed by atoms with E-state index in [0.717, 1.165) is 29.6 Å². The fourth-order valence-corrected chi connectivity index (χ4v) is 10.4. The van der Waals surface area contributed by atoms with E-state index in [2.05, 4.69) is 46.2 Å². The normalized spacial score (nSPS) is 46.6. The van der Waals surface area contributed by atoms with Gasteiger partial charge in [0.15, 0.2) is 16.6 Å². The van der Waals surface area contributed by atoms with E-state index in [-0.39, 0.29) is 0 Å². The van der Waals surface area contributed by atoms with Gasteiger partial charge < -0.3 is 8.85 Å². The molecule has 162 valence electrons. The molecule has 0 aromatic carbocycles. The Labute approximate surface area is 176 Å². The fraction of sp³-hybridized carbons (Fsp3) is 1.00. The molecule has 28 heavy (non-hydrogen) atoms. The van der Waals surface area contributed by atoms with Crippen LogP contribution in [0.15, 0.2) is 0 Å². The number of hydrogen-bond donors (Lipinski definition) is 0. The SMILES string of the molecule is C[C@]12CCC3C(CC[C@H]4C[C@@H](O[Si](C)(C)C)CCC34)C1CC[C@@H]2O[Si](C)(C)C. The minimum atomic E-state index is -1.46. The van der Waals surface area contributed by atoms with E-state index < -0.39 is 16.6 Å². The molecule has 4 aliphatic carbocycles. The minimum absolute atomic E-state index is 0.465. The van der Waals surface area contributed by atoms with Crippen molar-refractivity contribution in [3.63, 3.8) is 0 Å². The Morgan fingerprint density at radius 3 is 2.04 bits per heavy atom. The van der Waals surface area contributed by atoms with Crippen molar-refractivity contribution in [2.75, 3.05) is 0 Å². The van der Waals surface area contributed by atoms with E-state index in [9.17, 15) is 0 Å². The van der Waals surface area contributed by atoms with Crippen molar-refractivity contribution in [2.24, 2.45) is 35.0 Å². The molecular formula is C24H46O2Si2. The molecule has 0 bridgehead atoms.